The van der Waals surface area contributed by atoms with E-state index in [4.69, 9.17) is 5.26 Å². The highest BCUT2D eigenvalue weighted by atomic mass is 15.6. The van der Waals surface area contributed by atoms with Crippen molar-refractivity contribution in [3.05, 3.63) is 0 Å². The van der Waals surface area contributed by atoms with E-state index in [1.807, 2.05) is 11.9 Å². The van der Waals surface area contributed by atoms with Gasteiger partial charge in [0.05, 0.1) is 0 Å². The number of nitriles is 1. The van der Waals surface area contributed by atoms with Crippen molar-refractivity contribution in [3.8, 4) is 6.19 Å². The lowest BCUT2D eigenvalue weighted by molar-refractivity contribution is 0.0648. The summed E-state index contributed by atoms with van der Waals surface area (Å²) in [7, 11) is 0. The van der Waals surface area contributed by atoms with Crippen LogP contribution in [0.15, 0.2) is 5.10 Å². The summed E-state index contributed by atoms with van der Waals surface area (Å²) in [5.41, 5.74) is 0.0300. The van der Waals surface area contributed by atoms with Crippen LogP contribution in [-0.2, 0) is 0 Å². The highest BCUT2D eigenvalue weighted by Gasteiger charge is 2.37. The van der Waals surface area contributed by atoms with E-state index in [1.54, 1.807) is 11.2 Å². The fourth-order valence-electron chi connectivity index (χ4n) is 1.59. The molecule has 0 aromatic heterocycles. The van der Waals surface area contributed by atoms with Crippen LogP contribution in [0.2, 0.25) is 0 Å². The van der Waals surface area contributed by atoms with Gasteiger partial charge in [-0.15, -0.1) is 0 Å². The third-order valence-corrected chi connectivity index (χ3v) is 2.08. The van der Waals surface area contributed by atoms with Crippen molar-refractivity contribution in [2.24, 2.45) is 10.5 Å². The van der Waals surface area contributed by atoms with Crippen molar-refractivity contribution in [1.82, 2.24) is 9.91 Å². The second kappa shape index (κ2) is 3.25. The molecule has 0 saturated carbocycles. The van der Waals surface area contributed by atoms with E-state index in [0.717, 1.165) is 6.54 Å². The maximum absolute atomic E-state index is 8.87. The highest BCUT2D eigenvalue weighted by Crippen LogP contribution is 2.29. The van der Waals surface area contributed by atoms with Gasteiger partial charge in [0, 0.05) is 12.0 Å². The second-order valence-electron chi connectivity index (χ2n) is 4.23. The van der Waals surface area contributed by atoms with Crippen LogP contribution in [0.4, 0.5) is 0 Å². The van der Waals surface area contributed by atoms with E-state index in [-0.39, 0.29) is 11.6 Å². The Kier molecular flexibility index (Phi) is 2.46. The molecule has 0 aliphatic carbocycles. The van der Waals surface area contributed by atoms with Crippen molar-refractivity contribution in [2.75, 3.05) is 6.54 Å². The molecule has 1 rings (SSSR count). The molecule has 72 valence electrons. The summed E-state index contributed by atoms with van der Waals surface area (Å²) in [6.45, 7) is 9.20. The van der Waals surface area contributed by atoms with Crippen molar-refractivity contribution >= 4 is 6.34 Å². The molecule has 0 spiro atoms. The zero-order chi connectivity index (χ0) is 10.1. The Morgan fingerprint density at radius 2 is 2.15 bits per heavy atom. The van der Waals surface area contributed by atoms with E-state index < -0.39 is 0 Å². The molecule has 1 unspecified atom stereocenters. The van der Waals surface area contributed by atoms with Crippen molar-refractivity contribution in [3.63, 3.8) is 0 Å². The van der Waals surface area contributed by atoms with E-state index in [2.05, 4.69) is 32.1 Å². The molecule has 4 nitrogen and oxygen atoms in total. The molecule has 0 N–H and O–H groups in total. The van der Waals surface area contributed by atoms with Crippen LogP contribution in [0, 0.1) is 16.9 Å². The molecule has 0 amide bonds. The Morgan fingerprint density at radius 3 is 2.54 bits per heavy atom. The Balaban J connectivity index is 2.86. The lowest BCUT2D eigenvalue weighted by Gasteiger charge is -2.35. The normalized spacial score (nSPS) is 22.2. The fraction of sp³-hybridized carbons (Fsp3) is 0.778. The summed E-state index contributed by atoms with van der Waals surface area (Å²) in [6, 6.07) is 0. The van der Waals surface area contributed by atoms with E-state index in [0.29, 0.717) is 0 Å². The summed E-state index contributed by atoms with van der Waals surface area (Å²) in [5.74, 6) is 0. The lowest BCUT2D eigenvalue weighted by atomic mass is 9.91. The monoisotopic (exact) mass is 180 g/mol. The molecule has 1 aliphatic rings. The summed E-state index contributed by atoms with van der Waals surface area (Å²) < 4.78 is 0. The molecule has 1 atom stereocenters. The summed E-state index contributed by atoms with van der Waals surface area (Å²) in [6.07, 6.45) is 3.78. The SMILES string of the molecule is CCN1N=CN(C#N)C1C(C)(C)C. The molecular formula is C9H16N4. The molecule has 0 fully saturated rings. The van der Waals surface area contributed by atoms with Gasteiger partial charge in [-0.05, 0) is 6.92 Å². The van der Waals surface area contributed by atoms with Crippen LogP contribution >= 0.6 is 0 Å². The quantitative estimate of drug-likeness (QED) is 0.573. The number of nitrogens with zero attached hydrogens (tertiary/aromatic N) is 4. The minimum atomic E-state index is 0.0300. The molecule has 4 heteroatoms. The molecule has 0 saturated heterocycles. The fourth-order valence-corrected chi connectivity index (χ4v) is 1.59. The molecule has 0 aromatic rings. The van der Waals surface area contributed by atoms with Gasteiger partial charge in [0.15, 0.2) is 6.19 Å². The van der Waals surface area contributed by atoms with Gasteiger partial charge in [-0.25, -0.2) is 4.90 Å². The Morgan fingerprint density at radius 1 is 1.54 bits per heavy atom. The molecule has 1 aliphatic heterocycles. The molecule has 0 bridgehead atoms. The average Bonchev–Trinajstić information content (AvgIpc) is 2.45. The van der Waals surface area contributed by atoms with Gasteiger partial charge < -0.3 is 0 Å². The topological polar surface area (TPSA) is 42.6 Å². The minimum Gasteiger partial charge on any atom is -0.272 e. The van der Waals surface area contributed by atoms with Gasteiger partial charge in [0.2, 0.25) is 0 Å². The van der Waals surface area contributed by atoms with Gasteiger partial charge in [0.1, 0.15) is 12.5 Å². The number of hydrazone groups is 1. The first kappa shape index (κ1) is 9.85. The van der Waals surface area contributed by atoms with Gasteiger partial charge in [-0.1, -0.05) is 20.8 Å². The van der Waals surface area contributed by atoms with Crippen molar-refractivity contribution in [1.29, 1.82) is 5.26 Å². The second-order valence-corrected chi connectivity index (χ2v) is 4.23. The number of hydrogen-bond acceptors (Lipinski definition) is 4. The van der Waals surface area contributed by atoms with Crippen LogP contribution in [0.25, 0.3) is 0 Å². The van der Waals surface area contributed by atoms with Crippen LogP contribution in [0.5, 0.6) is 0 Å². The Bertz CT molecular complexity index is 245. The van der Waals surface area contributed by atoms with Gasteiger partial charge in [-0.3, -0.25) is 5.01 Å². The Hall–Kier alpha value is -1.24. The minimum absolute atomic E-state index is 0.0300. The Labute approximate surface area is 79.4 Å². The maximum atomic E-state index is 8.87. The summed E-state index contributed by atoms with van der Waals surface area (Å²) in [4.78, 5) is 1.60. The third kappa shape index (κ3) is 1.74. The molecular weight excluding hydrogens is 164 g/mol. The van der Waals surface area contributed by atoms with Crippen LogP contribution in [-0.4, -0.2) is 29.0 Å². The largest absolute Gasteiger partial charge is 0.272 e. The van der Waals surface area contributed by atoms with E-state index >= 15 is 0 Å². The van der Waals surface area contributed by atoms with Gasteiger partial charge in [0.25, 0.3) is 0 Å². The van der Waals surface area contributed by atoms with Crippen molar-refractivity contribution in [2.45, 2.75) is 33.9 Å². The van der Waals surface area contributed by atoms with Crippen LogP contribution in [0.3, 0.4) is 0 Å². The zero-order valence-electron chi connectivity index (χ0n) is 8.65. The number of rotatable bonds is 1. The van der Waals surface area contributed by atoms with Gasteiger partial charge in [-0.2, -0.15) is 10.4 Å². The first-order valence-electron chi connectivity index (χ1n) is 4.49. The first-order valence-corrected chi connectivity index (χ1v) is 4.49. The predicted molar refractivity (Wildman–Crippen MR) is 51.6 cm³/mol. The molecule has 0 radical (unpaired) electrons. The average molecular weight is 180 g/mol. The lowest BCUT2D eigenvalue weighted by Crippen LogP contribution is -2.46. The zero-order valence-corrected chi connectivity index (χ0v) is 8.65. The summed E-state index contributed by atoms with van der Waals surface area (Å²) in [5, 5.41) is 15.0. The van der Waals surface area contributed by atoms with E-state index in [9.17, 15) is 0 Å². The summed E-state index contributed by atoms with van der Waals surface area (Å²) >= 11 is 0. The van der Waals surface area contributed by atoms with E-state index in [1.165, 1.54) is 0 Å². The van der Waals surface area contributed by atoms with Crippen LogP contribution in [0.1, 0.15) is 27.7 Å². The molecule has 1 heterocycles. The van der Waals surface area contributed by atoms with Crippen molar-refractivity contribution < 1.29 is 0 Å². The molecule has 0 aromatic carbocycles. The van der Waals surface area contributed by atoms with Gasteiger partial charge >= 0.3 is 0 Å². The third-order valence-electron chi connectivity index (χ3n) is 2.08. The predicted octanol–water partition coefficient (Wildman–Crippen LogP) is 1.42. The highest BCUT2D eigenvalue weighted by molar-refractivity contribution is 5.59. The maximum Gasteiger partial charge on any atom is 0.187 e. The smallest absolute Gasteiger partial charge is 0.187 e. The standard InChI is InChI=1S/C9H16N4/c1-5-13-8(9(2,3)4)12(6-10)7-11-13/h7-8H,5H2,1-4H3. The molecule has 13 heavy (non-hydrogen) atoms. The van der Waals surface area contributed by atoms with Crippen LogP contribution < -0.4 is 0 Å². The number of hydrogen-bond donors (Lipinski definition) is 0. The first-order chi connectivity index (χ1) is 6.00.